The fourth-order valence-corrected chi connectivity index (χ4v) is 4.35. The van der Waals surface area contributed by atoms with Crippen LogP contribution in [0.3, 0.4) is 0 Å². The lowest BCUT2D eigenvalue weighted by molar-refractivity contribution is -0.0145. The highest BCUT2D eigenvalue weighted by Crippen LogP contribution is 2.48. The quantitative estimate of drug-likeness (QED) is 0.875. The monoisotopic (exact) mass is 289 g/mol. The number of hydrogen-bond donors (Lipinski definition) is 2. The van der Waals surface area contributed by atoms with Gasteiger partial charge >= 0.3 is 0 Å². The predicted octanol–water partition coefficient (Wildman–Crippen LogP) is 3.11. The van der Waals surface area contributed by atoms with Crippen molar-refractivity contribution in [2.45, 2.75) is 57.2 Å². The number of methoxy groups -OCH3 is 1. The van der Waals surface area contributed by atoms with Crippen LogP contribution in [0.15, 0.2) is 24.3 Å². The minimum atomic E-state index is -0.358. The number of ether oxygens (including phenoxy) is 1. The van der Waals surface area contributed by atoms with E-state index in [1.54, 1.807) is 7.11 Å². The van der Waals surface area contributed by atoms with E-state index >= 15 is 0 Å². The first-order valence-electron chi connectivity index (χ1n) is 8.22. The van der Waals surface area contributed by atoms with Gasteiger partial charge in [-0.05, 0) is 55.2 Å². The Balaban J connectivity index is 1.63. The van der Waals surface area contributed by atoms with Crippen LogP contribution in [0, 0.1) is 11.8 Å². The Hall–Kier alpha value is -1.06. The lowest BCUT2D eigenvalue weighted by Crippen LogP contribution is -2.48. The maximum Gasteiger partial charge on any atom is 0.118 e. The van der Waals surface area contributed by atoms with Gasteiger partial charge in [0.2, 0.25) is 0 Å². The molecule has 3 nitrogen and oxygen atoms in total. The van der Waals surface area contributed by atoms with Gasteiger partial charge in [-0.2, -0.15) is 0 Å². The Bertz CT molecular complexity index is 473. The molecule has 3 rings (SSSR count). The first-order chi connectivity index (χ1) is 10.1. The molecule has 3 heteroatoms. The highest BCUT2D eigenvalue weighted by atomic mass is 16.5. The molecular formula is C18H27NO2. The standard InChI is InChI=1S/C18H27NO2/c1-3-14-10-18(20)9-8-15(11-18)17(14)19-12-13-4-6-16(21-2)7-5-13/h4-7,14-15,17,19-20H,3,8-12H2,1-2H3/t14?,15?,17-,18+/m0/s1. The Labute approximate surface area is 127 Å². The summed E-state index contributed by atoms with van der Waals surface area (Å²) < 4.78 is 5.20. The molecule has 2 fully saturated rings. The Morgan fingerprint density at radius 3 is 2.71 bits per heavy atom. The summed E-state index contributed by atoms with van der Waals surface area (Å²) in [7, 11) is 1.70. The number of nitrogens with one attached hydrogen (secondary N) is 1. The SMILES string of the molecule is CCC1C[C@]2(O)CCC(C2)[C@H]1NCc1ccc(OC)cc1. The van der Waals surface area contributed by atoms with Crippen molar-refractivity contribution < 1.29 is 9.84 Å². The summed E-state index contributed by atoms with van der Waals surface area (Å²) in [5, 5.41) is 14.3. The van der Waals surface area contributed by atoms with Crippen LogP contribution in [-0.2, 0) is 6.54 Å². The average molecular weight is 289 g/mol. The predicted molar refractivity (Wildman–Crippen MR) is 84.3 cm³/mol. The minimum Gasteiger partial charge on any atom is -0.497 e. The van der Waals surface area contributed by atoms with Crippen molar-refractivity contribution >= 4 is 0 Å². The maximum atomic E-state index is 10.5. The van der Waals surface area contributed by atoms with Gasteiger partial charge in [0, 0.05) is 12.6 Å². The molecule has 4 atom stereocenters. The summed E-state index contributed by atoms with van der Waals surface area (Å²) >= 11 is 0. The van der Waals surface area contributed by atoms with Crippen LogP contribution in [0.4, 0.5) is 0 Å². The van der Waals surface area contributed by atoms with Gasteiger partial charge in [0.1, 0.15) is 5.75 Å². The van der Waals surface area contributed by atoms with E-state index in [-0.39, 0.29) is 5.60 Å². The second-order valence-corrected chi connectivity index (χ2v) is 6.85. The topological polar surface area (TPSA) is 41.5 Å². The van der Waals surface area contributed by atoms with Crippen LogP contribution in [0.1, 0.15) is 44.6 Å². The third-order valence-corrected chi connectivity index (χ3v) is 5.51. The number of benzene rings is 1. The fraction of sp³-hybridized carbons (Fsp3) is 0.667. The summed E-state index contributed by atoms with van der Waals surface area (Å²) in [5.74, 6) is 2.16. The molecule has 2 aliphatic carbocycles. The van der Waals surface area contributed by atoms with E-state index in [0.717, 1.165) is 38.0 Å². The Morgan fingerprint density at radius 2 is 2.05 bits per heavy atom. The summed E-state index contributed by atoms with van der Waals surface area (Å²) in [6.45, 7) is 3.15. The molecule has 2 saturated carbocycles. The third-order valence-electron chi connectivity index (χ3n) is 5.51. The van der Waals surface area contributed by atoms with Crippen LogP contribution >= 0.6 is 0 Å². The normalized spacial score (nSPS) is 34.9. The second kappa shape index (κ2) is 5.98. The molecule has 116 valence electrons. The molecule has 0 saturated heterocycles. The van der Waals surface area contributed by atoms with Gasteiger partial charge in [0.15, 0.2) is 0 Å². The van der Waals surface area contributed by atoms with Crippen LogP contribution in [0.25, 0.3) is 0 Å². The molecule has 2 aliphatic rings. The van der Waals surface area contributed by atoms with Crippen molar-refractivity contribution in [3.05, 3.63) is 29.8 Å². The second-order valence-electron chi connectivity index (χ2n) is 6.85. The highest BCUT2D eigenvalue weighted by Gasteiger charge is 2.48. The zero-order chi connectivity index (χ0) is 14.9. The summed E-state index contributed by atoms with van der Waals surface area (Å²) in [6, 6.07) is 8.84. The van der Waals surface area contributed by atoms with Gasteiger partial charge in [-0.25, -0.2) is 0 Å². The fourth-order valence-electron chi connectivity index (χ4n) is 4.35. The van der Waals surface area contributed by atoms with Gasteiger partial charge in [-0.1, -0.05) is 25.5 Å². The summed E-state index contributed by atoms with van der Waals surface area (Å²) in [5.41, 5.74) is 0.938. The molecule has 0 aliphatic heterocycles. The van der Waals surface area contributed by atoms with Gasteiger partial charge < -0.3 is 15.2 Å². The molecule has 0 heterocycles. The van der Waals surface area contributed by atoms with Gasteiger partial charge in [0.25, 0.3) is 0 Å². The van der Waals surface area contributed by atoms with E-state index in [1.165, 1.54) is 12.0 Å². The molecule has 1 aromatic rings. The molecule has 0 aromatic heterocycles. The maximum absolute atomic E-state index is 10.5. The smallest absolute Gasteiger partial charge is 0.118 e. The lowest BCUT2D eigenvalue weighted by Gasteiger charge is -2.40. The molecule has 0 amide bonds. The number of rotatable bonds is 5. The van der Waals surface area contributed by atoms with Crippen molar-refractivity contribution in [1.82, 2.24) is 5.32 Å². The van der Waals surface area contributed by atoms with E-state index in [0.29, 0.717) is 17.9 Å². The molecular weight excluding hydrogens is 262 g/mol. The van der Waals surface area contributed by atoms with Crippen LogP contribution in [0.5, 0.6) is 5.75 Å². The number of aliphatic hydroxyl groups is 1. The third kappa shape index (κ3) is 3.09. The molecule has 2 bridgehead atoms. The van der Waals surface area contributed by atoms with Gasteiger partial charge in [-0.15, -0.1) is 0 Å². The van der Waals surface area contributed by atoms with Crippen molar-refractivity contribution in [3.63, 3.8) is 0 Å². The molecule has 2 N–H and O–H groups in total. The van der Waals surface area contributed by atoms with E-state index in [9.17, 15) is 5.11 Å². The van der Waals surface area contributed by atoms with Crippen molar-refractivity contribution in [2.75, 3.05) is 7.11 Å². The number of hydrogen-bond acceptors (Lipinski definition) is 3. The minimum absolute atomic E-state index is 0.358. The van der Waals surface area contributed by atoms with Gasteiger partial charge in [0.05, 0.1) is 12.7 Å². The van der Waals surface area contributed by atoms with Gasteiger partial charge in [-0.3, -0.25) is 0 Å². The van der Waals surface area contributed by atoms with E-state index in [4.69, 9.17) is 4.74 Å². The lowest BCUT2D eigenvalue weighted by atomic mass is 9.73. The first-order valence-corrected chi connectivity index (χ1v) is 8.22. The van der Waals surface area contributed by atoms with E-state index < -0.39 is 0 Å². The molecule has 0 radical (unpaired) electrons. The summed E-state index contributed by atoms with van der Waals surface area (Å²) in [4.78, 5) is 0. The Kier molecular flexibility index (Phi) is 4.23. The van der Waals surface area contributed by atoms with E-state index in [2.05, 4.69) is 24.4 Å². The molecule has 2 unspecified atom stereocenters. The molecule has 0 spiro atoms. The van der Waals surface area contributed by atoms with Crippen LogP contribution < -0.4 is 10.1 Å². The van der Waals surface area contributed by atoms with Crippen molar-refractivity contribution in [1.29, 1.82) is 0 Å². The highest BCUT2D eigenvalue weighted by molar-refractivity contribution is 5.27. The average Bonchev–Trinajstić information content (AvgIpc) is 2.83. The van der Waals surface area contributed by atoms with Crippen LogP contribution in [0.2, 0.25) is 0 Å². The molecule has 1 aromatic carbocycles. The summed E-state index contributed by atoms with van der Waals surface area (Å²) in [6.07, 6.45) is 5.28. The van der Waals surface area contributed by atoms with Crippen LogP contribution in [-0.4, -0.2) is 23.9 Å². The first kappa shape index (κ1) is 14.9. The molecule has 21 heavy (non-hydrogen) atoms. The largest absolute Gasteiger partial charge is 0.497 e. The van der Waals surface area contributed by atoms with Crippen molar-refractivity contribution in [2.24, 2.45) is 11.8 Å². The Morgan fingerprint density at radius 1 is 1.29 bits per heavy atom. The van der Waals surface area contributed by atoms with Crippen molar-refractivity contribution in [3.8, 4) is 5.75 Å². The van der Waals surface area contributed by atoms with E-state index in [1.807, 2.05) is 12.1 Å². The zero-order valence-electron chi connectivity index (χ0n) is 13.1. The zero-order valence-corrected chi connectivity index (χ0v) is 13.1. The number of fused-ring (bicyclic) bond motifs is 2.